The molecule has 0 fully saturated rings. The number of hydrogen-bond donors (Lipinski definition) is 2. The number of nitrogens with one attached hydrogen (secondary N) is 2. The molecule has 0 aliphatic heterocycles. The van der Waals surface area contributed by atoms with Gasteiger partial charge >= 0.3 is 0 Å². The van der Waals surface area contributed by atoms with Crippen molar-refractivity contribution < 1.29 is 4.39 Å². The van der Waals surface area contributed by atoms with Crippen LogP contribution < -0.4 is 10.7 Å². The van der Waals surface area contributed by atoms with Crippen LogP contribution in [0.2, 0.25) is 0 Å². The lowest BCUT2D eigenvalue weighted by atomic mass is 10.2. The first-order valence-corrected chi connectivity index (χ1v) is 6.46. The number of nitrogens with zero attached hydrogens (tertiary/aromatic N) is 1. The van der Waals surface area contributed by atoms with Crippen molar-refractivity contribution in [1.29, 1.82) is 0 Å². The Hall–Kier alpha value is -2.27. The van der Waals surface area contributed by atoms with Gasteiger partial charge in [0, 0.05) is 5.69 Å². The van der Waals surface area contributed by atoms with Gasteiger partial charge in [0.2, 0.25) is 0 Å². The summed E-state index contributed by atoms with van der Waals surface area (Å²) in [6.45, 7) is 2.02. The molecule has 2 rings (SSSR count). The molecule has 5 heteroatoms. The molecule has 0 aromatic heterocycles. The van der Waals surface area contributed by atoms with E-state index in [9.17, 15) is 4.39 Å². The highest BCUT2D eigenvalue weighted by Gasteiger charge is 1.95. The van der Waals surface area contributed by atoms with Gasteiger partial charge in [-0.1, -0.05) is 29.8 Å². The molecule has 2 aromatic carbocycles. The largest absolute Gasteiger partial charge is 0.331 e. The number of halogens is 1. The summed E-state index contributed by atoms with van der Waals surface area (Å²) < 4.78 is 13.0. The summed E-state index contributed by atoms with van der Waals surface area (Å²) in [4.78, 5) is 0. The topological polar surface area (TPSA) is 36.4 Å². The summed E-state index contributed by atoms with van der Waals surface area (Å²) in [5.74, 6) is -0.297. The highest BCUT2D eigenvalue weighted by atomic mass is 32.1. The third-order valence-corrected chi connectivity index (χ3v) is 2.73. The maximum atomic E-state index is 13.0. The van der Waals surface area contributed by atoms with Crippen molar-refractivity contribution >= 4 is 29.2 Å². The molecule has 0 aliphatic rings. The Balaban J connectivity index is 1.87. The molecule has 0 saturated heterocycles. The average Bonchev–Trinajstić information content (AvgIpc) is 2.41. The number of benzene rings is 2. The molecule has 3 nitrogen and oxygen atoms in total. The van der Waals surface area contributed by atoms with Crippen LogP contribution in [0.15, 0.2) is 53.6 Å². The third-order valence-electron chi connectivity index (χ3n) is 2.54. The molecule has 0 radical (unpaired) electrons. The zero-order valence-electron chi connectivity index (χ0n) is 10.9. The first-order valence-electron chi connectivity index (χ1n) is 6.06. The fraction of sp³-hybridized carbons (Fsp3) is 0.0667. The van der Waals surface area contributed by atoms with E-state index in [1.165, 1.54) is 23.9 Å². The summed E-state index contributed by atoms with van der Waals surface area (Å²) in [7, 11) is 0. The normalized spacial score (nSPS) is 10.5. The van der Waals surface area contributed by atoms with Crippen molar-refractivity contribution in [3.63, 3.8) is 0 Å². The monoisotopic (exact) mass is 287 g/mol. The van der Waals surface area contributed by atoms with Gasteiger partial charge in [0.15, 0.2) is 5.11 Å². The lowest BCUT2D eigenvalue weighted by Gasteiger charge is -2.06. The van der Waals surface area contributed by atoms with Gasteiger partial charge in [-0.3, -0.25) is 5.43 Å². The van der Waals surface area contributed by atoms with Crippen LogP contribution in [0.3, 0.4) is 0 Å². The van der Waals surface area contributed by atoms with E-state index in [1.54, 1.807) is 12.1 Å². The van der Waals surface area contributed by atoms with Crippen LogP contribution >= 0.6 is 12.2 Å². The molecule has 0 aliphatic carbocycles. The second-order valence-electron chi connectivity index (χ2n) is 4.25. The Morgan fingerprint density at radius 3 is 2.65 bits per heavy atom. The Bertz CT molecular complexity index is 623. The van der Waals surface area contributed by atoms with Crippen LogP contribution in [0.5, 0.6) is 0 Å². The van der Waals surface area contributed by atoms with E-state index >= 15 is 0 Å². The van der Waals surface area contributed by atoms with Crippen LogP contribution in [-0.4, -0.2) is 11.3 Å². The number of hydrogen-bond acceptors (Lipinski definition) is 2. The maximum Gasteiger partial charge on any atom is 0.191 e. The highest BCUT2D eigenvalue weighted by molar-refractivity contribution is 7.80. The third kappa shape index (κ3) is 4.44. The predicted octanol–water partition coefficient (Wildman–Crippen LogP) is 3.45. The number of thiocarbonyl (C=S) groups is 1. The van der Waals surface area contributed by atoms with E-state index < -0.39 is 0 Å². The van der Waals surface area contributed by atoms with Gasteiger partial charge in [-0.05, 0) is 49.0 Å². The first kappa shape index (κ1) is 14.1. The molecule has 0 atom stereocenters. The second-order valence-corrected chi connectivity index (χ2v) is 4.65. The minimum absolute atomic E-state index is 0.297. The second kappa shape index (κ2) is 6.77. The van der Waals surface area contributed by atoms with Gasteiger partial charge in [-0.15, -0.1) is 0 Å². The van der Waals surface area contributed by atoms with E-state index in [1.807, 2.05) is 31.2 Å². The minimum atomic E-state index is -0.297. The molecule has 20 heavy (non-hydrogen) atoms. The molecule has 2 aromatic rings. The Morgan fingerprint density at radius 1 is 1.20 bits per heavy atom. The van der Waals surface area contributed by atoms with E-state index in [2.05, 4.69) is 15.8 Å². The summed E-state index contributed by atoms with van der Waals surface area (Å²) in [5, 5.41) is 7.33. The number of rotatable bonds is 3. The van der Waals surface area contributed by atoms with E-state index in [0.29, 0.717) is 10.7 Å². The van der Waals surface area contributed by atoms with Crippen LogP contribution in [0.4, 0.5) is 10.1 Å². The number of aryl methyl sites for hydroxylation is 1. The van der Waals surface area contributed by atoms with Gasteiger partial charge in [0.1, 0.15) is 5.82 Å². The molecule has 2 N–H and O–H groups in total. The van der Waals surface area contributed by atoms with Gasteiger partial charge in [0.05, 0.1) is 6.21 Å². The predicted molar refractivity (Wildman–Crippen MR) is 84.5 cm³/mol. The van der Waals surface area contributed by atoms with E-state index in [0.717, 1.165) is 5.69 Å². The van der Waals surface area contributed by atoms with Gasteiger partial charge in [0.25, 0.3) is 0 Å². The van der Waals surface area contributed by atoms with Crippen LogP contribution in [0, 0.1) is 12.7 Å². The highest BCUT2D eigenvalue weighted by Crippen LogP contribution is 2.08. The molecule has 0 amide bonds. The molecule has 0 saturated carbocycles. The summed E-state index contributed by atoms with van der Waals surface area (Å²) in [5.41, 5.74) is 5.41. The molecular weight excluding hydrogens is 273 g/mol. The molecular formula is C15H14FN3S. The van der Waals surface area contributed by atoms with E-state index in [4.69, 9.17) is 12.2 Å². The number of hydrazone groups is 1. The van der Waals surface area contributed by atoms with Gasteiger partial charge in [-0.2, -0.15) is 5.10 Å². The van der Waals surface area contributed by atoms with Crippen LogP contribution in [-0.2, 0) is 0 Å². The zero-order chi connectivity index (χ0) is 14.4. The molecule has 0 bridgehead atoms. The average molecular weight is 287 g/mol. The molecule has 102 valence electrons. The van der Waals surface area contributed by atoms with Crippen molar-refractivity contribution in [1.82, 2.24) is 5.43 Å². The lowest BCUT2D eigenvalue weighted by molar-refractivity contribution is 0.627. The van der Waals surface area contributed by atoms with Gasteiger partial charge in [-0.25, -0.2) is 4.39 Å². The standard InChI is InChI=1S/C15H14FN3S/c1-11-5-7-14(8-6-11)18-15(20)19-17-10-12-3-2-4-13(16)9-12/h2-10H,1H3,(H2,18,19,20)/b17-10-. The van der Waals surface area contributed by atoms with Crippen LogP contribution in [0.1, 0.15) is 11.1 Å². The molecule has 0 spiro atoms. The maximum absolute atomic E-state index is 13.0. The summed E-state index contributed by atoms with van der Waals surface area (Å²) in [6.07, 6.45) is 1.51. The molecule has 0 unspecified atom stereocenters. The minimum Gasteiger partial charge on any atom is -0.331 e. The Labute approximate surface area is 122 Å². The smallest absolute Gasteiger partial charge is 0.191 e. The van der Waals surface area contributed by atoms with Crippen LogP contribution in [0.25, 0.3) is 0 Å². The van der Waals surface area contributed by atoms with Gasteiger partial charge < -0.3 is 5.32 Å². The fourth-order valence-electron chi connectivity index (χ4n) is 1.55. The zero-order valence-corrected chi connectivity index (χ0v) is 11.7. The quantitative estimate of drug-likeness (QED) is 0.516. The Kier molecular flexibility index (Phi) is 4.79. The lowest BCUT2D eigenvalue weighted by Crippen LogP contribution is -2.23. The fourth-order valence-corrected chi connectivity index (χ4v) is 1.72. The SMILES string of the molecule is Cc1ccc(NC(=S)N/N=C\c2cccc(F)c2)cc1. The molecule has 0 heterocycles. The first-order chi connectivity index (χ1) is 9.63. The summed E-state index contributed by atoms with van der Waals surface area (Å²) >= 11 is 5.10. The number of anilines is 1. The van der Waals surface area contributed by atoms with Crippen molar-refractivity contribution in [2.24, 2.45) is 5.10 Å². The van der Waals surface area contributed by atoms with Crippen molar-refractivity contribution in [2.75, 3.05) is 5.32 Å². The van der Waals surface area contributed by atoms with Crippen molar-refractivity contribution in [3.05, 3.63) is 65.5 Å². The van der Waals surface area contributed by atoms with Crippen molar-refractivity contribution in [2.45, 2.75) is 6.92 Å². The van der Waals surface area contributed by atoms with Crippen molar-refractivity contribution in [3.8, 4) is 0 Å². The van der Waals surface area contributed by atoms with E-state index in [-0.39, 0.29) is 5.82 Å². The Morgan fingerprint density at radius 2 is 1.95 bits per heavy atom. The summed E-state index contributed by atoms with van der Waals surface area (Å²) in [6, 6.07) is 14.0.